The summed E-state index contributed by atoms with van der Waals surface area (Å²) in [4.78, 5) is 2.06. The summed E-state index contributed by atoms with van der Waals surface area (Å²) in [7, 11) is 0. The maximum atomic E-state index is 3.66. The van der Waals surface area contributed by atoms with Crippen molar-refractivity contribution in [1.29, 1.82) is 0 Å². The van der Waals surface area contributed by atoms with Crippen molar-refractivity contribution >= 4 is 0 Å². The quantitative estimate of drug-likeness (QED) is 0.521. The van der Waals surface area contributed by atoms with Gasteiger partial charge in [-0.25, -0.2) is 0 Å². The summed E-state index contributed by atoms with van der Waals surface area (Å²) in [5.74, 6) is 0. The minimum absolute atomic E-state index is 0.870. The van der Waals surface area contributed by atoms with Gasteiger partial charge in [-0.05, 0) is 12.2 Å². The van der Waals surface area contributed by atoms with E-state index in [9.17, 15) is 0 Å². The topological polar surface area (TPSA) is 3.24 Å². The summed E-state index contributed by atoms with van der Waals surface area (Å²) in [6, 6.07) is 0. The van der Waals surface area contributed by atoms with Crippen molar-refractivity contribution < 1.29 is 0 Å². The second-order valence-electron chi connectivity index (χ2n) is 2.05. The van der Waals surface area contributed by atoms with Crippen molar-refractivity contribution in [3.63, 3.8) is 0 Å². The molecule has 0 unspecified atom stereocenters. The molecule has 0 atom stereocenters. The fourth-order valence-electron chi connectivity index (χ4n) is 0.769. The lowest BCUT2D eigenvalue weighted by atomic mass is 10.5. The zero-order valence-electron chi connectivity index (χ0n) is 5.90. The predicted molar refractivity (Wildman–Crippen MR) is 44.3 cm³/mol. The molecule has 1 heterocycles. The van der Waals surface area contributed by atoms with E-state index in [1.54, 1.807) is 0 Å². The molecule has 0 aromatic carbocycles. The smallest absolute Gasteiger partial charge is 0.0397 e. The lowest BCUT2D eigenvalue weighted by Gasteiger charge is -2.09. The van der Waals surface area contributed by atoms with E-state index in [1.807, 2.05) is 42.8 Å². The van der Waals surface area contributed by atoms with E-state index in [0.717, 1.165) is 6.54 Å². The summed E-state index contributed by atoms with van der Waals surface area (Å²) < 4.78 is 0. The Morgan fingerprint density at radius 2 is 1.70 bits per heavy atom. The Morgan fingerprint density at radius 1 is 1.10 bits per heavy atom. The lowest BCUT2D eigenvalue weighted by molar-refractivity contribution is 0.567. The molecule has 0 radical (unpaired) electrons. The number of rotatable bonds is 2. The normalized spacial score (nSPS) is 15.4. The molecule has 1 heteroatoms. The van der Waals surface area contributed by atoms with Crippen LogP contribution >= 0.6 is 0 Å². The van der Waals surface area contributed by atoms with Crippen LogP contribution in [-0.4, -0.2) is 11.4 Å². The van der Waals surface area contributed by atoms with Crippen LogP contribution in [0.4, 0.5) is 0 Å². The molecular weight excluding hydrogens is 122 g/mol. The molecule has 1 aliphatic rings. The highest BCUT2D eigenvalue weighted by Gasteiger charge is 1.88. The van der Waals surface area contributed by atoms with Gasteiger partial charge in [-0.1, -0.05) is 18.2 Å². The number of hydrogen-bond donors (Lipinski definition) is 0. The van der Waals surface area contributed by atoms with Crippen molar-refractivity contribution in [3.05, 3.63) is 49.4 Å². The fourth-order valence-corrected chi connectivity index (χ4v) is 0.769. The van der Waals surface area contributed by atoms with E-state index in [1.165, 1.54) is 0 Å². The Morgan fingerprint density at radius 3 is 2.20 bits per heavy atom. The third-order valence-corrected chi connectivity index (χ3v) is 1.23. The van der Waals surface area contributed by atoms with E-state index in [0.29, 0.717) is 0 Å². The Balaban J connectivity index is 2.54. The molecule has 1 aliphatic heterocycles. The van der Waals surface area contributed by atoms with Gasteiger partial charge in [0.25, 0.3) is 0 Å². The monoisotopic (exact) mass is 133 g/mol. The molecule has 0 fully saturated rings. The Kier molecular flexibility index (Phi) is 2.56. The van der Waals surface area contributed by atoms with Crippen LogP contribution in [0.25, 0.3) is 0 Å². The molecule has 0 aromatic heterocycles. The molecule has 10 heavy (non-hydrogen) atoms. The second kappa shape index (κ2) is 3.72. The van der Waals surface area contributed by atoms with Crippen LogP contribution in [0.2, 0.25) is 0 Å². The summed E-state index contributed by atoms with van der Waals surface area (Å²) in [5, 5.41) is 0. The van der Waals surface area contributed by atoms with Gasteiger partial charge < -0.3 is 4.90 Å². The molecule has 1 nitrogen and oxygen atoms in total. The minimum Gasteiger partial charge on any atom is -0.351 e. The molecule has 0 aliphatic carbocycles. The maximum absolute atomic E-state index is 3.66. The van der Waals surface area contributed by atoms with Crippen LogP contribution in [-0.2, 0) is 0 Å². The van der Waals surface area contributed by atoms with Crippen LogP contribution in [0.15, 0.2) is 49.4 Å². The number of nitrogens with zero attached hydrogens (tertiary/aromatic N) is 1. The largest absolute Gasteiger partial charge is 0.351 e. The van der Waals surface area contributed by atoms with Crippen molar-refractivity contribution in [2.45, 2.75) is 0 Å². The maximum Gasteiger partial charge on any atom is 0.0397 e. The van der Waals surface area contributed by atoms with Crippen LogP contribution in [0.5, 0.6) is 0 Å². The van der Waals surface area contributed by atoms with Gasteiger partial charge in [-0.2, -0.15) is 0 Å². The SMILES string of the molecule is C=CCN1C=CC=CC=C1. The first-order chi connectivity index (χ1) is 4.93. The molecular formula is C9H11N. The molecule has 0 saturated heterocycles. The highest BCUT2D eigenvalue weighted by Crippen LogP contribution is 1.96. The van der Waals surface area contributed by atoms with Crippen molar-refractivity contribution in [1.82, 2.24) is 4.90 Å². The van der Waals surface area contributed by atoms with Crippen molar-refractivity contribution in [2.75, 3.05) is 6.54 Å². The minimum atomic E-state index is 0.870. The zero-order valence-corrected chi connectivity index (χ0v) is 5.90. The van der Waals surface area contributed by atoms with E-state index >= 15 is 0 Å². The lowest BCUT2D eigenvalue weighted by Crippen LogP contribution is -2.07. The van der Waals surface area contributed by atoms with Gasteiger partial charge >= 0.3 is 0 Å². The van der Waals surface area contributed by atoms with E-state index in [-0.39, 0.29) is 0 Å². The molecule has 0 N–H and O–H groups in total. The van der Waals surface area contributed by atoms with Gasteiger partial charge in [0.2, 0.25) is 0 Å². The third kappa shape index (κ3) is 1.94. The van der Waals surface area contributed by atoms with Gasteiger partial charge in [0, 0.05) is 18.9 Å². The number of hydrogen-bond acceptors (Lipinski definition) is 1. The number of allylic oxidation sites excluding steroid dienone is 4. The van der Waals surface area contributed by atoms with Crippen molar-refractivity contribution in [2.24, 2.45) is 0 Å². The van der Waals surface area contributed by atoms with Gasteiger partial charge in [0.05, 0.1) is 0 Å². The van der Waals surface area contributed by atoms with Crippen LogP contribution in [0, 0.1) is 0 Å². The molecule has 0 spiro atoms. The first-order valence-corrected chi connectivity index (χ1v) is 3.32. The standard InChI is InChI=1S/C9H11N/c1-2-7-10-8-5-3-4-6-9-10/h2-6,8-9H,1,7H2. The predicted octanol–water partition coefficient (Wildman–Crippen LogP) is 2.07. The van der Waals surface area contributed by atoms with E-state index < -0.39 is 0 Å². The molecule has 0 bridgehead atoms. The molecule has 1 rings (SSSR count). The summed E-state index contributed by atoms with van der Waals surface area (Å²) in [5.41, 5.74) is 0. The Labute approximate surface area is 61.7 Å². The molecule has 0 aromatic rings. The Bertz CT molecular complexity index is 171. The average molecular weight is 133 g/mol. The first kappa shape index (κ1) is 6.87. The highest BCUT2D eigenvalue weighted by molar-refractivity contribution is 5.15. The second-order valence-corrected chi connectivity index (χ2v) is 2.05. The van der Waals surface area contributed by atoms with Gasteiger partial charge in [0.1, 0.15) is 0 Å². The van der Waals surface area contributed by atoms with Crippen LogP contribution in [0.1, 0.15) is 0 Å². The van der Waals surface area contributed by atoms with Gasteiger partial charge in [0.15, 0.2) is 0 Å². The third-order valence-electron chi connectivity index (χ3n) is 1.23. The van der Waals surface area contributed by atoms with Crippen LogP contribution < -0.4 is 0 Å². The molecule has 0 saturated carbocycles. The molecule has 0 amide bonds. The summed E-state index contributed by atoms with van der Waals surface area (Å²) >= 11 is 0. The fraction of sp³-hybridized carbons (Fsp3) is 0.111. The van der Waals surface area contributed by atoms with Gasteiger partial charge in [-0.15, -0.1) is 6.58 Å². The first-order valence-electron chi connectivity index (χ1n) is 3.32. The van der Waals surface area contributed by atoms with Gasteiger partial charge in [-0.3, -0.25) is 0 Å². The summed E-state index contributed by atoms with van der Waals surface area (Å²) in [6.07, 6.45) is 13.9. The molecule has 52 valence electrons. The van der Waals surface area contributed by atoms with E-state index in [4.69, 9.17) is 0 Å². The zero-order chi connectivity index (χ0) is 7.23. The summed E-state index contributed by atoms with van der Waals surface area (Å²) in [6.45, 7) is 4.53. The van der Waals surface area contributed by atoms with Crippen molar-refractivity contribution in [3.8, 4) is 0 Å². The Hall–Kier alpha value is -1.24. The highest BCUT2D eigenvalue weighted by atomic mass is 15.1. The average Bonchev–Trinajstić information content (AvgIpc) is 2.17. The van der Waals surface area contributed by atoms with E-state index in [2.05, 4.69) is 11.5 Å². The van der Waals surface area contributed by atoms with Crippen LogP contribution in [0.3, 0.4) is 0 Å².